The molecule has 7 nitrogen and oxygen atoms in total. The number of nitrogen functional groups attached to an aromatic ring is 1. The van der Waals surface area contributed by atoms with E-state index in [4.69, 9.17) is 10.7 Å². The summed E-state index contributed by atoms with van der Waals surface area (Å²) >= 11 is 0. The molecule has 148 valence electrons. The average Bonchev–Trinajstić information content (AvgIpc) is 2.66. The van der Waals surface area contributed by atoms with Gasteiger partial charge in [-0.25, -0.2) is 4.98 Å². The lowest BCUT2D eigenvalue weighted by atomic mass is 9.95. The van der Waals surface area contributed by atoms with Crippen molar-refractivity contribution in [3.8, 4) is 0 Å². The predicted molar refractivity (Wildman–Crippen MR) is 112 cm³/mol. The summed E-state index contributed by atoms with van der Waals surface area (Å²) in [6.07, 6.45) is 4.93. The number of anilines is 3. The van der Waals surface area contributed by atoms with E-state index in [1.165, 1.54) is 0 Å². The van der Waals surface area contributed by atoms with Crippen LogP contribution in [0.25, 0.3) is 11.0 Å². The minimum atomic E-state index is -0.408. The lowest BCUT2D eigenvalue weighted by Gasteiger charge is -2.34. The van der Waals surface area contributed by atoms with E-state index in [2.05, 4.69) is 40.1 Å². The highest BCUT2D eigenvalue weighted by atomic mass is 16.3. The predicted octanol–water partition coefficient (Wildman–Crippen LogP) is 2.32. The summed E-state index contributed by atoms with van der Waals surface area (Å²) < 4.78 is 0. The van der Waals surface area contributed by atoms with E-state index in [9.17, 15) is 5.11 Å². The number of likely N-dealkylation sites (N-methyl/N-ethyl adjacent to an activating group) is 1. The first-order chi connectivity index (χ1) is 12.9. The third kappa shape index (κ3) is 4.59. The van der Waals surface area contributed by atoms with Crippen molar-refractivity contribution < 1.29 is 5.11 Å². The van der Waals surface area contributed by atoms with Crippen LogP contribution in [0.5, 0.6) is 0 Å². The van der Waals surface area contributed by atoms with Crippen LogP contribution < -0.4 is 16.0 Å². The summed E-state index contributed by atoms with van der Waals surface area (Å²) in [6.45, 7) is 8.29. The molecule has 1 aliphatic heterocycles. The van der Waals surface area contributed by atoms with E-state index in [0.717, 1.165) is 67.8 Å². The Labute approximate surface area is 161 Å². The van der Waals surface area contributed by atoms with Crippen LogP contribution in [0.4, 0.5) is 17.2 Å². The summed E-state index contributed by atoms with van der Waals surface area (Å²) in [5.74, 6) is 0.457. The van der Waals surface area contributed by atoms with Crippen LogP contribution >= 0.6 is 0 Å². The normalized spacial score (nSPS) is 17.9. The van der Waals surface area contributed by atoms with Gasteiger partial charge in [0.2, 0.25) is 0 Å². The van der Waals surface area contributed by atoms with Crippen LogP contribution in [0, 0.1) is 0 Å². The largest absolute Gasteiger partial charge is 0.394 e. The molecule has 27 heavy (non-hydrogen) atoms. The quantitative estimate of drug-likeness (QED) is 0.687. The molecule has 0 bridgehead atoms. The van der Waals surface area contributed by atoms with Crippen LogP contribution in [0.2, 0.25) is 0 Å². The smallest absolute Gasteiger partial charge is 0.126 e. The van der Waals surface area contributed by atoms with E-state index in [1.54, 1.807) is 0 Å². The van der Waals surface area contributed by atoms with E-state index >= 15 is 0 Å². The number of nitrogens with one attached hydrogen (secondary N) is 1. The number of aliphatic hydroxyl groups is 1. The van der Waals surface area contributed by atoms with Gasteiger partial charge in [-0.05, 0) is 26.5 Å². The Kier molecular flexibility index (Phi) is 6.01. The second kappa shape index (κ2) is 8.27. The Balaban J connectivity index is 1.90. The molecule has 0 aliphatic carbocycles. The Bertz CT molecular complexity index is 774. The lowest BCUT2D eigenvalue weighted by molar-refractivity contribution is 0.212. The number of fused-ring (bicyclic) bond motifs is 1. The minimum Gasteiger partial charge on any atom is -0.394 e. The van der Waals surface area contributed by atoms with E-state index in [1.807, 2.05) is 19.2 Å². The fraction of sp³-hybridized carbons (Fsp3) is 0.600. The molecule has 1 atom stereocenters. The molecule has 3 heterocycles. The van der Waals surface area contributed by atoms with E-state index in [-0.39, 0.29) is 6.61 Å². The zero-order valence-electron chi connectivity index (χ0n) is 16.7. The van der Waals surface area contributed by atoms with Crippen molar-refractivity contribution in [3.63, 3.8) is 0 Å². The molecule has 1 aliphatic rings. The van der Waals surface area contributed by atoms with E-state index < -0.39 is 5.54 Å². The highest BCUT2D eigenvalue weighted by Crippen LogP contribution is 2.29. The van der Waals surface area contributed by atoms with Gasteiger partial charge in [0, 0.05) is 32.2 Å². The molecular weight excluding hydrogens is 340 g/mol. The van der Waals surface area contributed by atoms with Crippen molar-refractivity contribution in [2.45, 2.75) is 38.6 Å². The molecule has 0 aromatic carbocycles. The maximum absolute atomic E-state index is 9.91. The second-order valence-corrected chi connectivity index (χ2v) is 7.89. The van der Waals surface area contributed by atoms with Gasteiger partial charge >= 0.3 is 0 Å². The van der Waals surface area contributed by atoms with Gasteiger partial charge in [0.25, 0.3) is 0 Å². The standard InChI is InChI=1S/C20H32N6O/c1-4-5-6-20(2,14-27)24-17-12-18(21)23-16-11-15(13-22-19(16)17)26-9-7-25(3)8-10-26/h11-13,27H,4-10,14H2,1-3H3,(H3,21,23,24)/t20-/m1/s1. The summed E-state index contributed by atoms with van der Waals surface area (Å²) in [6, 6.07) is 3.88. The first-order valence-corrected chi connectivity index (χ1v) is 9.83. The zero-order chi connectivity index (χ0) is 19.4. The van der Waals surface area contributed by atoms with Gasteiger partial charge in [-0.2, -0.15) is 0 Å². The number of piperazine rings is 1. The van der Waals surface area contributed by atoms with Crippen molar-refractivity contribution in [1.29, 1.82) is 0 Å². The van der Waals surface area contributed by atoms with Crippen molar-refractivity contribution in [1.82, 2.24) is 14.9 Å². The van der Waals surface area contributed by atoms with E-state index in [0.29, 0.717) is 5.82 Å². The first kappa shape index (κ1) is 19.6. The Morgan fingerprint density at radius 1 is 1.26 bits per heavy atom. The fourth-order valence-electron chi connectivity index (χ4n) is 3.53. The Morgan fingerprint density at radius 2 is 2.00 bits per heavy atom. The van der Waals surface area contributed by atoms with Gasteiger partial charge in [-0.15, -0.1) is 0 Å². The van der Waals surface area contributed by atoms with Gasteiger partial charge in [0.1, 0.15) is 11.3 Å². The van der Waals surface area contributed by atoms with Crippen LogP contribution in [0.3, 0.4) is 0 Å². The number of hydrogen-bond donors (Lipinski definition) is 3. The van der Waals surface area contributed by atoms with Crippen molar-refractivity contribution in [2.75, 3.05) is 55.8 Å². The highest BCUT2D eigenvalue weighted by molar-refractivity contribution is 5.91. The molecule has 1 saturated heterocycles. The van der Waals surface area contributed by atoms with Gasteiger partial charge in [-0.3, -0.25) is 4.98 Å². The van der Waals surface area contributed by atoms with Crippen molar-refractivity contribution in [2.24, 2.45) is 0 Å². The molecule has 0 radical (unpaired) electrons. The highest BCUT2D eigenvalue weighted by Gasteiger charge is 2.24. The topological polar surface area (TPSA) is 90.5 Å². The molecule has 0 unspecified atom stereocenters. The Morgan fingerprint density at radius 3 is 2.67 bits per heavy atom. The molecule has 1 fully saturated rings. The van der Waals surface area contributed by atoms with Gasteiger partial charge in [0.15, 0.2) is 0 Å². The molecular formula is C20H32N6O. The molecule has 0 amide bonds. The number of rotatable bonds is 7. The minimum absolute atomic E-state index is 0.0517. The van der Waals surface area contributed by atoms with Crippen LogP contribution in [0.15, 0.2) is 18.3 Å². The van der Waals surface area contributed by atoms with Crippen LogP contribution in [-0.2, 0) is 0 Å². The molecule has 0 saturated carbocycles. The van der Waals surface area contributed by atoms with Crippen molar-refractivity contribution >= 4 is 28.2 Å². The maximum atomic E-state index is 9.91. The number of hydrogen-bond acceptors (Lipinski definition) is 7. The number of aromatic nitrogens is 2. The molecule has 2 aromatic heterocycles. The Hall–Kier alpha value is -2.12. The summed E-state index contributed by atoms with van der Waals surface area (Å²) in [5, 5.41) is 13.4. The maximum Gasteiger partial charge on any atom is 0.126 e. The number of aliphatic hydroxyl groups excluding tert-OH is 1. The fourth-order valence-corrected chi connectivity index (χ4v) is 3.53. The molecule has 3 rings (SSSR count). The van der Waals surface area contributed by atoms with Gasteiger partial charge in [-0.1, -0.05) is 19.8 Å². The summed E-state index contributed by atoms with van der Waals surface area (Å²) in [4.78, 5) is 13.9. The molecule has 7 heteroatoms. The third-order valence-electron chi connectivity index (χ3n) is 5.39. The zero-order valence-corrected chi connectivity index (χ0v) is 16.7. The van der Waals surface area contributed by atoms with Gasteiger partial charge < -0.3 is 26.0 Å². The number of pyridine rings is 2. The SMILES string of the molecule is CCCC[C@](C)(CO)Nc1cc(N)nc2cc(N3CCN(C)CC3)cnc12. The van der Waals surface area contributed by atoms with Crippen LogP contribution in [0.1, 0.15) is 33.1 Å². The first-order valence-electron chi connectivity index (χ1n) is 9.83. The van der Waals surface area contributed by atoms with Crippen LogP contribution in [-0.4, -0.2) is 65.3 Å². The van der Waals surface area contributed by atoms with Gasteiger partial charge in [0.05, 0.1) is 35.2 Å². The number of nitrogens with two attached hydrogens (primary N) is 1. The summed E-state index contributed by atoms with van der Waals surface area (Å²) in [7, 11) is 2.15. The molecule has 0 spiro atoms. The van der Waals surface area contributed by atoms with Crippen molar-refractivity contribution in [3.05, 3.63) is 18.3 Å². The average molecular weight is 373 g/mol. The molecule has 2 aromatic rings. The molecule has 4 N–H and O–H groups in total. The number of nitrogens with zero attached hydrogens (tertiary/aromatic N) is 4. The monoisotopic (exact) mass is 372 g/mol. The number of unbranched alkanes of at least 4 members (excludes halogenated alkanes) is 1. The summed E-state index contributed by atoms with van der Waals surface area (Å²) in [5.41, 5.74) is 9.14. The second-order valence-electron chi connectivity index (χ2n) is 7.89. The lowest BCUT2D eigenvalue weighted by Crippen LogP contribution is -2.44. The third-order valence-corrected chi connectivity index (χ3v) is 5.39.